The van der Waals surface area contributed by atoms with E-state index in [0.29, 0.717) is 22.8 Å². The van der Waals surface area contributed by atoms with E-state index in [2.05, 4.69) is 15.3 Å². The van der Waals surface area contributed by atoms with Crippen molar-refractivity contribution in [3.8, 4) is 0 Å². The fourth-order valence-corrected chi connectivity index (χ4v) is 1.82. The smallest absolute Gasteiger partial charge is 0.274 e. The molecule has 1 heterocycles. The largest absolute Gasteiger partial charge is 0.321 e. The topological polar surface area (TPSA) is 72.0 Å². The Hall–Kier alpha value is -2.56. The molecule has 5 heteroatoms. The van der Waals surface area contributed by atoms with Crippen molar-refractivity contribution in [2.45, 2.75) is 20.8 Å². The Labute approximate surface area is 117 Å². The Kier molecular flexibility index (Phi) is 3.89. The molecule has 0 fully saturated rings. The summed E-state index contributed by atoms with van der Waals surface area (Å²) < 4.78 is 0. The number of aryl methyl sites for hydroxylation is 2. The monoisotopic (exact) mass is 269 g/mol. The Bertz CT molecular complexity index is 643. The van der Waals surface area contributed by atoms with E-state index in [1.807, 2.05) is 6.92 Å². The number of hydrogen-bond donors (Lipinski definition) is 1. The first-order valence-corrected chi connectivity index (χ1v) is 6.20. The molecule has 0 radical (unpaired) electrons. The van der Waals surface area contributed by atoms with Crippen LogP contribution < -0.4 is 5.32 Å². The van der Waals surface area contributed by atoms with Crippen LogP contribution in [0.25, 0.3) is 0 Å². The van der Waals surface area contributed by atoms with E-state index in [9.17, 15) is 9.59 Å². The second-order valence-corrected chi connectivity index (χ2v) is 4.53. The van der Waals surface area contributed by atoms with Crippen molar-refractivity contribution in [3.63, 3.8) is 0 Å². The van der Waals surface area contributed by atoms with Crippen LogP contribution in [0.3, 0.4) is 0 Å². The molecule has 0 aliphatic rings. The van der Waals surface area contributed by atoms with Crippen LogP contribution in [0.15, 0.2) is 30.3 Å². The third-order valence-corrected chi connectivity index (χ3v) is 2.75. The zero-order valence-electron chi connectivity index (χ0n) is 11.6. The number of carbonyl (C=O) groups excluding carboxylic acids is 2. The van der Waals surface area contributed by atoms with Gasteiger partial charge >= 0.3 is 0 Å². The Morgan fingerprint density at radius 1 is 1.05 bits per heavy atom. The number of anilines is 1. The minimum atomic E-state index is -0.297. The molecule has 0 atom stereocenters. The van der Waals surface area contributed by atoms with Crippen LogP contribution in [0.4, 0.5) is 5.69 Å². The SMILES string of the molecule is CC(=O)c1ccc(NC(=O)c2cc(C)nc(C)n2)cc1. The van der Waals surface area contributed by atoms with Gasteiger partial charge in [0.1, 0.15) is 11.5 Å². The lowest BCUT2D eigenvalue weighted by molar-refractivity contribution is 0.101. The molecule has 2 rings (SSSR count). The molecule has 20 heavy (non-hydrogen) atoms. The van der Waals surface area contributed by atoms with E-state index in [1.165, 1.54) is 6.92 Å². The lowest BCUT2D eigenvalue weighted by Gasteiger charge is -2.06. The summed E-state index contributed by atoms with van der Waals surface area (Å²) in [7, 11) is 0. The van der Waals surface area contributed by atoms with Gasteiger partial charge in [-0.2, -0.15) is 0 Å². The van der Waals surface area contributed by atoms with Crippen LogP contribution in [0.2, 0.25) is 0 Å². The molecule has 1 aromatic carbocycles. The highest BCUT2D eigenvalue weighted by Crippen LogP contribution is 2.11. The van der Waals surface area contributed by atoms with Gasteiger partial charge in [-0.3, -0.25) is 9.59 Å². The van der Waals surface area contributed by atoms with Gasteiger partial charge in [-0.25, -0.2) is 9.97 Å². The summed E-state index contributed by atoms with van der Waals surface area (Å²) in [6, 6.07) is 8.36. The van der Waals surface area contributed by atoms with Crippen LogP contribution in [-0.4, -0.2) is 21.7 Å². The van der Waals surface area contributed by atoms with E-state index in [-0.39, 0.29) is 11.7 Å². The molecule has 0 aliphatic carbocycles. The minimum absolute atomic E-state index is 0.00933. The average molecular weight is 269 g/mol. The molecule has 0 bridgehead atoms. The summed E-state index contributed by atoms with van der Waals surface area (Å²) in [5.41, 5.74) is 2.30. The quantitative estimate of drug-likeness (QED) is 0.869. The summed E-state index contributed by atoms with van der Waals surface area (Å²) in [6.07, 6.45) is 0. The number of ketones is 1. The van der Waals surface area contributed by atoms with Crippen LogP contribution in [0, 0.1) is 13.8 Å². The van der Waals surface area contributed by atoms with Gasteiger partial charge in [0.15, 0.2) is 5.78 Å². The number of rotatable bonds is 3. The molecule has 1 N–H and O–H groups in total. The van der Waals surface area contributed by atoms with Crippen LogP contribution in [0.1, 0.15) is 39.3 Å². The zero-order chi connectivity index (χ0) is 14.7. The molecular weight excluding hydrogens is 254 g/mol. The first kappa shape index (κ1) is 13.9. The molecule has 0 saturated heterocycles. The van der Waals surface area contributed by atoms with Gasteiger partial charge in [-0.15, -0.1) is 0 Å². The maximum absolute atomic E-state index is 12.1. The molecule has 1 aromatic heterocycles. The van der Waals surface area contributed by atoms with E-state index in [1.54, 1.807) is 37.3 Å². The van der Waals surface area contributed by atoms with Gasteiger partial charge in [-0.1, -0.05) is 0 Å². The van der Waals surface area contributed by atoms with Gasteiger partial charge in [-0.05, 0) is 51.1 Å². The van der Waals surface area contributed by atoms with Gasteiger partial charge in [0.2, 0.25) is 0 Å². The zero-order valence-corrected chi connectivity index (χ0v) is 11.6. The molecule has 0 saturated carbocycles. The third-order valence-electron chi connectivity index (χ3n) is 2.75. The highest BCUT2D eigenvalue weighted by atomic mass is 16.2. The number of hydrogen-bond acceptors (Lipinski definition) is 4. The average Bonchev–Trinajstić information content (AvgIpc) is 2.38. The summed E-state index contributed by atoms with van der Waals surface area (Å²) in [5, 5.41) is 2.74. The molecular formula is C15H15N3O2. The normalized spacial score (nSPS) is 10.2. The van der Waals surface area contributed by atoms with Crippen molar-refractivity contribution in [2.24, 2.45) is 0 Å². The van der Waals surface area contributed by atoms with Gasteiger partial charge in [0.25, 0.3) is 5.91 Å². The van der Waals surface area contributed by atoms with Crippen molar-refractivity contribution in [3.05, 3.63) is 53.1 Å². The number of carbonyl (C=O) groups is 2. The summed E-state index contributed by atoms with van der Waals surface area (Å²) in [5.74, 6) is 0.251. The summed E-state index contributed by atoms with van der Waals surface area (Å²) >= 11 is 0. The summed E-state index contributed by atoms with van der Waals surface area (Å²) in [4.78, 5) is 31.5. The molecule has 2 aromatic rings. The maximum atomic E-state index is 12.1. The predicted molar refractivity (Wildman–Crippen MR) is 75.9 cm³/mol. The Balaban J connectivity index is 2.16. The molecule has 102 valence electrons. The van der Waals surface area contributed by atoms with Crippen LogP contribution >= 0.6 is 0 Å². The number of aromatic nitrogens is 2. The van der Waals surface area contributed by atoms with E-state index < -0.39 is 0 Å². The van der Waals surface area contributed by atoms with Crippen molar-refractivity contribution >= 4 is 17.4 Å². The first-order chi connectivity index (χ1) is 9.45. The first-order valence-electron chi connectivity index (χ1n) is 6.20. The van der Waals surface area contributed by atoms with Crippen molar-refractivity contribution < 1.29 is 9.59 Å². The number of benzene rings is 1. The Morgan fingerprint density at radius 2 is 1.70 bits per heavy atom. The van der Waals surface area contributed by atoms with Crippen LogP contribution in [-0.2, 0) is 0 Å². The highest BCUT2D eigenvalue weighted by molar-refractivity contribution is 6.03. The van der Waals surface area contributed by atoms with Crippen molar-refractivity contribution in [1.29, 1.82) is 0 Å². The fourth-order valence-electron chi connectivity index (χ4n) is 1.82. The van der Waals surface area contributed by atoms with E-state index >= 15 is 0 Å². The number of nitrogens with zero attached hydrogens (tertiary/aromatic N) is 2. The Morgan fingerprint density at radius 3 is 2.25 bits per heavy atom. The third kappa shape index (κ3) is 3.26. The van der Waals surface area contributed by atoms with Gasteiger partial charge in [0, 0.05) is 16.9 Å². The predicted octanol–water partition coefficient (Wildman–Crippen LogP) is 2.55. The second kappa shape index (κ2) is 5.61. The van der Waals surface area contributed by atoms with Crippen molar-refractivity contribution in [1.82, 2.24) is 9.97 Å². The lowest BCUT2D eigenvalue weighted by atomic mass is 10.1. The highest BCUT2D eigenvalue weighted by Gasteiger charge is 2.09. The number of nitrogens with one attached hydrogen (secondary N) is 1. The second-order valence-electron chi connectivity index (χ2n) is 4.53. The van der Waals surface area contributed by atoms with Gasteiger partial charge in [0.05, 0.1) is 0 Å². The number of amides is 1. The summed E-state index contributed by atoms with van der Waals surface area (Å²) in [6.45, 7) is 5.05. The fraction of sp³-hybridized carbons (Fsp3) is 0.200. The van der Waals surface area contributed by atoms with Gasteiger partial charge < -0.3 is 5.32 Å². The molecule has 0 unspecified atom stereocenters. The number of Topliss-reactive ketones (excluding diaryl/α,β-unsaturated/α-hetero) is 1. The van der Waals surface area contributed by atoms with E-state index in [4.69, 9.17) is 0 Å². The molecule has 0 spiro atoms. The molecule has 0 aliphatic heterocycles. The molecule has 5 nitrogen and oxygen atoms in total. The lowest BCUT2D eigenvalue weighted by Crippen LogP contribution is -2.15. The standard InChI is InChI=1S/C15H15N3O2/c1-9-8-14(17-11(3)16-9)15(20)18-13-6-4-12(5-7-13)10(2)19/h4-8H,1-3H3,(H,18,20). The maximum Gasteiger partial charge on any atom is 0.274 e. The minimum Gasteiger partial charge on any atom is -0.321 e. The van der Waals surface area contributed by atoms with Crippen molar-refractivity contribution in [2.75, 3.05) is 5.32 Å². The van der Waals surface area contributed by atoms with Crippen LogP contribution in [0.5, 0.6) is 0 Å². The molecule has 1 amide bonds. The van der Waals surface area contributed by atoms with E-state index in [0.717, 1.165) is 5.69 Å².